The first-order valence-corrected chi connectivity index (χ1v) is 8.57. The first-order chi connectivity index (χ1) is 12.1. The van der Waals surface area contributed by atoms with Gasteiger partial charge in [0, 0.05) is 16.8 Å². The number of benzene rings is 3. The summed E-state index contributed by atoms with van der Waals surface area (Å²) in [6.45, 7) is 0.555. The highest BCUT2D eigenvalue weighted by molar-refractivity contribution is 6.31. The molecule has 3 aromatic carbocycles. The maximum absolute atomic E-state index is 10.2. The highest BCUT2D eigenvalue weighted by atomic mass is 35.5. The quantitative estimate of drug-likeness (QED) is 0.661. The van der Waals surface area contributed by atoms with Gasteiger partial charge in [-0.3, -0.25) is 4.99 Å². The molecule has 0 aliphatic heterocycles. The van der Waals surface area contributed by atoms with Crippen molar-refractivity contribution in [3.8, 4) is 5.75 Å². The summed E-state index contributed by atoms with van der Waals surface area (Å²) in [5, 5.41) is 13.0. The number of aliphatic imine (C=N–C) groups is 1. The number of likely N-dealkylation sites (N-methyl/N-ethyl adjacent to an activating group) is 1. The Morgan fingerprint density at radius 1 is 1.04 bits per heavy atom. The molecule has 0 aliphatic carbocycles. The summed E-state index contributed by atoms with van der Waals surface area (Å²) in [5.41, 5.74) is 1.79. The van der Waals surface area contributed by atoms with Gasteiger partial charge in [0.05, 0.1) is 12.6 Å². The van der Waals surface area contributed by atoms with Crippen molar-refractivity contribution in [1.82, 2.24) is 4.90 Å². The fourth-order valence-electron chi connectivity index (χ4n) is 2.95. The second-order valence-corrected chi connectivity index (χ2v) is 6.62. The molecule has 0 saturated heterocycles. The van der Waals surface area contributed by atoms with Gasteiger partial charge in [-0.2, -0.15) is 0 Å². The van der Waals surface area contributed by atoms with Crippen LogP contribution in [0.4, 0.5) is 0 Å². The van der Waals surface area contributed by atoms with E-state index in [9.17, 15) is 5.11 Å². The Bertz CT molecular complexity index is 905. The van der Waals surface area contributed by atoms with Crippen LogP contribution in [0.5, 0.6) is 5.75 Å². The van der Waals surface area contributed by atoms with Crippen molar-refractivity contribution in [2.75, 3.05) is 20.6 Å². The van der Waals surface area contributed by atoms with Crippen LogP contribution in [0.1, 0.15) is 17.2 Å². The number of hydrogen-bond donors (Lipinski definition) is 1. The van der Waals surface area contributed by atoms with Gasteiger partial charge in [0.2, 0.25) is 0 Å². The monoisotopic (exact) mass is 352 g/mol. The minimum absolute atomic E-state index is 0.0714. The molecule has 3 aromatic rings. The lowest BCUT2D eigenvalue weighted by atomic mass is 10.0. The SMILES string of the molecule is CN(C)[C@H](CN=Cc1c(O)ccc2ccccc12)c1ccccc1Cl. The second kappa shape index (κ2) is 7.68. The highest BCUT2D eigenvalue weighted by Gasteiger charge is 2.16. The largest absolute Gasteiger partial charge is 0.507 e. The molecule has 25 heavy (non-hydrogen) atoms. The molecule has 1 N–H and O–H groups in total. The Balaban J connectivity index is 1.89. The Morgan fingerprint density at radius 2 is 1.76 bits per heavy atom. The molecule has 0 aliphatic rings. The van der Waals surface area contributed by atoms with Crippen LogP contribution < -0.4 is 0 Å². The normalized spacial score (nSPS) is 13.0. The Hall–Kier alpha value is -2.36. The van der Waals surface area contributed by atoms with Crippen LogP contribution in [0.3, 0.4) is 0 Å². The van der Waals surface area contributed by atoms with Crippen molar-refractivity contribution in [2.24, 2.45) is 4.99 Å². The van der Waals surface area contributed by atoms with Gasteiger partial charge in [-0.1, -0.05) is 60.1 Å². The second-order valence-electron chi connectivity index (χ2n) is 6.21. The molecule has 0 bridgehead atoms. The topological polar surface area (TPSA) is 35.8 Å². The summed E-state index contributed by atoms with van der Waals surface area (Å²) in [6.07, 6.45) is 1.75. The fourth-order valence-corrected chi connectivity index (χ4v) is 3.21. The van der Waals surface area contributed by atoms with Gasteiger partial charge in [-0.15, -0.1) is 0 Å². The highest BCUT2D eigenvalue weighted by Crippen LogP contribution is 2.28. The van der Waals surface area contributed by atoms with E-state index in [0.29, 0.717) is 6.54 Å². The Kier molecular flexibility index (Phi) is 5.37. The summed E-state index contributed by atoms with van der Waals surface area (Å²) in [4.78, 5) is 6.71. The third kappa shape index (κ3) is 3.84. The van der Waals surface area contributed by atoms with Gasteiger partial charge >= 0.3 is 0 Å². The standard InChI is InChI=1S/C21H21ClN2O/c1-24(2)20(17-9-5-6-10-19(17)22)14-23-13-18-16-8-4-3-7-15(16)11-12-21(18)25/h3-13,20,25H,14H2,1-2H3/t20-/m1/s1. The van der Waals surface area contributed by atoms with Gasteiger partial charge < -0.3 is 10.0 Å². The van der Waals surface area contributed by atoms with Crippen molar-refractivity contribution in [3.05, 3.63) is 76.8 Å². The molecular formula is C21H21ClN2O. The molecule has 0 aromatic heterocycles. The molecule has 0 radical (unpaired) electrons. The van der Waals surface area contributed by atoms with Crippen molar-refractivity contribution in [2.45, 2.75) is 6.04 Å². The van der Waals surface area contributed by atoms with E-state index in [1.54, 1.807) is 12.3 Å². The van der Waals surface area contributed by atoms with E-state index in [4.69, 9.17) is 11.6 Å². The van der Waals surface area contributed by atoms with Crippen LogP contribution in [0.2, 0.25) is 5.02 Å². The first-order valence-electron chi connectivity index (χ1n) is 8.19. The summed E-state index contributed by atoms with van der Waals surface area (Å²) < 4.78 is 0. The van der Waals surface area contributed by atoms with Crippen LogP contribution >= 0.6 is 11.6 Å². The Morgan fingerprint density at radius 3 is 2.52 bits per heavy atom. The summed E-state index contributed by atoms with van der Waals surface area (Å²) in [5.74, 6) is 0.238. The minimum atomic E-state index is 0.0714. The number of fused-ring (bicyclic) bond motifs is 1. The lowest BCUT2D eigenvalue weighted by Crippen LogP contribution is -2.23. The van der Waals surface area contributed by atoms with Crippen molar-refractivity contribution < 1.29 is 5.11 Å². The molecular weight excluding hydrogens is 332 g/mol. The zero-order valence-corrected chi connectivity index (χ0v) is 15.1. The molecule has 3 nitrogen and oxygen atoms in total. The van der Waals surface area contributed by atoms with E-state index in [2.05, 4.69) is 9.89 Å². The fraction of sp³-hybridized carbons (Fsp3) is 0.190. The Labute approximate surface area is 153 Å². The van der Waals surface area contributed by atoms with Crippen molar-refractivity contribution >= 4 is 28.6 Å². The van der Waals surface area contributed by atoms with E-state index in [1.165, 1.54) is 0 Å². The molecule has 1 atom stereocenters. The molecule has 128 valence electrons. The van der Waals surface area contributed by atoms with Crippen molar-refractivity contribution in [1.29, 1.82) is 0 Å². The average molecular weight is 353 g/mol. The third-order valence-corrected chi connectivity index (χ3v) is 4.68. The average Bonchev–Trinajstić information content (AvgIpc) is 2.61. The van der Waals surface area contributed by atoms with Gasteiger partial charge in [0.15, 0.2) is 0 Å². The molecule has 3 rings (SSSR count). The first kappa shape index (κ1) is 17.5. The van der Waals surface area contributed by atoms with Gasteiger partial charge in [0.25, 0.3) is 0 Å². The predicted molar refractivity (Wildman–Crippen MR) is 106 cm³/mol. The van der Waals surface area contributed by atoms with Crippen LogP contribution in [-0.4, -0.2) is 36.9 Å². The van der Waals surface area contributed by atoms with E-state index in [0.717, 1.165) is 26.9 Å². The predicted octanol–water partition coefficient (Wildman–Crippen LogP) is 4.92. The lowest BCUT2D eigenvalue weighted by Gasteiger charge is -2.24. The van der Waals surface area contributed by atoms with Crippen LogP contribution in [0, 0.1) is 0 Å². The number of halogens is 1. The van der Waals surface area contributed by atoms with E-state index >= 15 is 0 Å². The molecule has 0 heterocycles. The molecule has 0 fully saturated rings. The zero-order valence-electron chi connectivity index (χ0n) is 14.4. The number of hydrogen-bond acceptors (Lipinski definition) is 3. The van der Waals surface area contributed by atoms with E-state index in [1.807, 2.05) is 68.7 Å². The maximum atomic E-state index is 10.2. The summed E-state index contributed by atoms with van der Waals surface area (Å²) in [6, 6.07) is 19.5. The van der Waals surface area contributed by atoms with Crippen LogP contribution in [0.25, 0.3) is 10.8 Å². The van der Waals surface area contributed by atoms with Gasteiger partial charge in [-0.25, -0.2) is 0 Å². The molecule has 0 unspecified atom stereocenters. The number of aromatic hydroxyl groups is 1. The number of phenols is 1. The summed E-state index contributed by atoms with van der Waals surface area (Å²) >= 11 is 6.34. The lowest BCUT2D eigenvalue weighted by molar-refractivity contribution is 0.307. The molecule has 4 heteroatoms. The van der Waals surface area contributed by atoms with Crippen molar-refractivity contribution in [3.63, 3.8) is 0 Å². The van der Waals surface area contributed by atoms with Crippen LogP contribution in [-0.2, 0) is 0 Å². The molecule has 0 saturated carbocycles. The van der Waals surface area contributed by atoms with Crippen LogP contribution in [0.15, 0.2) is 65.7 Å². The van der Waals surface area contributed by atoms with E-state index < -0.39 is 0 Å². The molecule has 0 amide bonds. The summed E-state index contributed by atoms with van der Waals surface area (Å²) in [7, 11) is 4.03. The van der Waals surface area contributed by atoms with E-state index in [-0.39, 0.29) is 11.8 Å². The van der Waals surface area contributed by atoms with Gasteiger partial charge in [-0.05, 0) is 42.6 Å². The third-order valence-electron chi connectivity index (χ3n) is 4.33. The smallest absolute Gasteiger partial charge is 0.124 e. The number of phenolic OH excluding ortho intramolecular Hbond substituents is 1. The number of rotatable bonds is 5. The van der Waals surface area contributed by atoms with Gasteiger partial charge in [0.1, 0.15) is 5.75 Å². The minimum Gasteiger partial charge on any atom is -0.507 e. The zero-order chi connectivity index (χ0) is 17.8. The molecule has 0 spiro atoms. The maximum Gasteiger partial charge on any atom is 0.124 e. The number of nitrogens with zero attached hydrogens (tertiary/aromatic N) is 2.